The molecule has 0 radical (unpaired) electrons. The van der Waals surface area contributed by atoms with Gasteiger partial charge in [-0.05, 0) is 30.7 Å². The fourth-order valence-electron chi connectivity index (χ4n) is 4.22. The molecule has 5 rings (SSSR count). The number of aromatic nitrogens is 1. The Kier molecular flexibility index (Phi) is 8.58. The summed E-state index contributed by atoms with van der Waals surface area (Å²) in [7, 11) is 3.17. The number of para-hydroxylation sites is 1. The van der Waals surface area contributed by atoms with Crippen molar-refractivity contribution < 1.29 is 23.4 Å². The number of amides is 1. The van der Waals surface area contributed by atoms with Gasteiger partial charge in [0.1, 0.15) is 11.3 Å². The Bertz CT molecular complexity index is 1350. The van der Waals surface area contributed by atoms with Crippen LogP contribution >= 0.6 is 35.3 Å². The molecule has 8 nitrogen and oxygen atoms in total. The monoisotopic (exact) mass is 551 g/mol. The molecule has 0 bridgehead atoms. The summed E-state index contributed by atoms with van der Waals surface area (Å²) in [6.45, 7) is 4.59. The fraction of sp³-hybridized carbons (Fsp3) is 0.360. The zero-order valence-corrected chi connectivity index (χ0v) is 22.4. The maximum Gasteiger partial charge on any atom is 0.295 e. The molecule has 4 aromatic rings. The molecular weight excluding hydrogens is 525 g/mol. The lowest BCUT2D eigenvalue weighted by Crippen LogP contribution is -2.39. The Labute approximate surface area is 224 Å². The molecule has 0 saturated carbocycles. The number of morpholine rings is 1. The first-order chi connectivity index (χ1) is 17.1. The zero-order valence-electron chi connectivity index (χ0n) is 20.0. The van der Waals surface area contributed by atoms with Crippen molar-refractivity contribution in [1.82, 2.24) is 9.88 Å². The second kappa shape index (κ2) is 11.7. The smallest absolute Gasteiger partial charge is 0.295 e. The lowest BCUT2D eigenvalue weighted by molar-refractivity contribution is 0.0376. The molecule has 1 fully saturated rings. The number of thiazole rings is 1. The molecule has 1 aliphatic heterocycles. The van der Waals surface area contributed by atoms with Crippen LogP contribution in [0.15, 0.2) is 40.8 Å². The molecule has 2 aromatic heterocycles. The molecule has 0 aliphatic carbocycles. The van der Waals surface area contributed by atoms with E-state index >= 15 is 0 Å². The van der Waals surface area contributed by atoms with E-state index in [1.807, 2.05) is 18.2 Å². The number of nitrogens with zero attached hydrogens (tertiary/aromatic N) is 3. The van der Waals surface area contributed by atoms with E-state index in [4.69, 9.17) is 35.2 Å². The lowest BCUT2D eigenvalue weighted by atomic mass is 10.2. The van der Waals surface area contributed by atoms with Crippen LogP contribution in [0.25, 0.3) is 21.2 Å². The Morgan fingerprint density at radius 1 is 1.17 bits per heavy atom. The molecule has 0 atom stereocenters. The van der Waals surface area contributed by atoms with Gasteiger partial charge in [0.15, 0.2) is 22.2 Å². The highest BCUT2D eigenvalue weighted by molar-refractivity contribution is 7.23. The van der Waals surface area contributed by atoms with Gasteiger partial charge >= 0.3 is 0 Å². The van der Waals surface area contributed by atoms with Crippen molar-refractivity contribution in [3.63, 3.8) is 0 Å². The second-order valence-corrected chi connectivity index (χ2v) is 9.56. The zero-order chi connectivity index (χ0) is 24.4. The molecule has 0 unspecified atom stereocenters. The Balaban J connectivity index is 0.00000304. The first-order valence-corrected chi connectivity index (χ1v) is 12.6. The van der Waals surface area contributed by atoms with E-state index in [1.165, 1.54) is 11.3 Å². The third kappa shape index (κ3) is 5.26. The van der Waals surface area contributed by atoms with Crippen molar-refractivity contribution in [2.45, 2.75) is 6.42 Å². The highest BCUT2D eigenvalue weighted by Gasteiger charge is 2.26. The molecule has 1 saturated heterocycles. The molecule has 1 amide bonds. The van der Waals surface area contributed by atoms with Crippen LogP contribution in [0.4, 0.5) is 5.13 Å². The molecule has 2 aromatic carbocycles. The molecule has 192 valence electrons. The topological polar surface area (TPSA) is 77.3 Å². The van der Waals surface area contributed by atoms with Gasteiger partial charge in [-0.25, -0.2) is 4.98 Å². The Morgan fingerprint density at radius 2 is 1.94 bits per heavy atom. The second-order valence-electron chi connectivity index (χ2n) is 8.18. The summed E-state index contributed by atoms with van der Waals surface area (Å²) in [6.07, 6.45) is 0.774. The van der Waals surface area contributed by atoms with Gasteiger partial charge in [0, 0.05) is 31.6 Å². The summed E-state index contributed by atoms with van der Waals surface area (Å²) >= 11 is 7.82. The van der Waals surface area contributed by atoms with Gasteiger partial charge in [0.05, 0.1) is 37.2 Å². The summed E-state index contributed by atoms with van der Waals surface area (Å²) in [4.78, 5) is 22.5. The number of ether oxygens (including phenoxy) is 3. The number of hydrogen-bond acceptors (Lipinski definition) is 8. The average molecular weight is 552 g/mol. The summed E-state index contributed by atoms with van der Waals surface area (Å²) in [5.41, 5.74) is 1.18. The van der Waals surface area contributed by atoms with Crippen molar-refractivity contribution in [3.8, 4) is 11.5 Å². The van der Waals surface area contributed by atoms with Gasteiger partial charge in [-0.2, -0.15) is 0 Å². The van der Waals surface area contributed by atoms with Gasteiger partial charge in [-0.3, -0.25) is 14.6 Å². The van der Waals surface area contributed by atoms with E-state index in [0.29, 0.717) is 39.3 Å². The molecule has 11 heteroatoms. The van der Waals surface area contributed by atoms with Crippen molar-refractivity contribution >= 4 is 67.6 Å². The van der Waals surface area contributed by atoms with Crippen LogP contribution in [-0.4, -0.2) is 69.4 Å². The lowest BCUT2D eigenvalue weighted by Gasteiger charge is -2.27. The number of benzene rings is 2. The number of hydrogen-bond donors (Lipinski definition) is 0. The number of anilines is 1. The minimum absolute atomic E-state index is 0. The van der Waals surface area contributed by atoms with Crippen molar-refractivity contribution in [2.75, 3.05) is 58.5 Å². The van der Waals surface area contributed by atoms with Crippen molar-refractivity contribution in [1.29, 1.82) is 0 Å². The normalized spacial score (nSPS) is 14.1. The summed E-state index contributed by atoms with van der Waals surface area (Å²) in [6, 6.07) is 10.9. The van der Waals surface area contributed by atoms with E-state index in [1.54, 1.807) is 37.3 Å². The quantitative estimate of drug-likeness (QED) is 0.286. The minimum atomic E-state index is -0.264. The highest BCUT2D eigenvalue weighted by atomic mass is 35.5. The summed E-state index contributed by atoms with van der Waals surface area (Å²) in [5, 5.41) is 1.92. The van der Waals surface area contributed by atoms with E-state index in [2.05, 4.69) is 4.90 Å². The SMILES string of the molecule is COc1ccc(Cl)c2sc(N(CCCN3CCOCC3)C(=O)c3cc4cccc(OC)c4o3)nc12.Cl. The number of halogens is 2. The van der Waals surface area contributed by atoms with Crippen molar-refractivity contribution in [3.05, 3.63) is 47.2 Å². The molecule has 3 heterocycles. The van der Waals surface area contributed by atoms with Crippen LogP contribution in [0.2, 0.25) is 5.02 Å². The van der Waals surface area contributed by atoms with E-state index in [0.717, 1.165) is 49.4 Å². The van der Waals surface area contributed by atoms with Crippen LogP contribution in [-0.2, 0) is 4.74 Å². The van der Waals surface area contributed by atoms with Gasteiger partial charge in [-0.1, -0.05) is 35.1 Å². The Morgan fingerprint density at radius 3 is 2.69 bits per heavy atom. The predicted octanol–water partition coefficient (Wildman–Crippen LogP) is 5.50. The third-order valence-corrected chi connectivity index (χ3v) is 7.58. The van der Waals surface area contributed by atoms with Crippen LogP contribution in [0.3, 0.4) is 0 Å². The first-order valence-electron chi connectivity index (χ1n) is 11.4. The summed E-state index contributed by atoms with van der Waals surface area (Å²) in [5.74, 6) is 1.16. The van der Waals surface area contributed by atoms with Crippen LogP contribution < -0.4 is 14.4 Å². The standard InChI is InChI=1S/C25H26ClN3O5S.ClH/c1-31-18-8-7-17(26)23-21(18)27-25(35-23)29(10-4-9-28-11-13-33-14-12-28)24(30)20-15-16-5-3-6-19(32-2)22(16)34-20;/h3,5-8,15H,4,9-14H2,1-2H3;1H. The molecule has 36 heavy (non-hydrogen) atoms. The van der Waals surface area contributed by atoms with Crippen LogP contribution in [0.1, 0.15) is 17.0 Å². The molecule has 0 N–H and O–H groups in total. The van der Waals surface area contributed by atoms with Gasteiger partial charge in [0.2, 0.25) is 0 Å². The molecule has 0 spiro atoms. The average Bonchev–Trinajstić information content (AvgIpc) is 3.53. The minimum Gasteiger partial charge on any atom is -0.494 e. The molecular formula is C25H27Cl2N3O5S. The maximum absolute atomic E-state index is 13.8. The molecule has 1 aliphatic rings. The van der Waals surface area contributed by atoms with Crippen LogP contribution in [0, 0.1) is 0 Å². The van der Waals surface area contributed by atoms with Crippen molar-refractivity contribution in [2.24, 2.45) is 0 Å². The Hall–Kier alpha value is -2.56. The van der Waals surface area contributed by atoms with Gasteiger partial charge < -0.3 is 18.6 Å². The van der Waals surface area contributed by atoms with E-state index < -0.39 is 0 Å². The fourth-order valence-corrected chi connectivity index (χ4v) is 5.50. The first kappa shape index (κ1) is 26.5. The number of methoxy groups -OCH3 is 2. The number of rotatable bonds is 8. The van der Waals surface area contributed by atoms with E-state index in [-0.39, 0.29) is 24.1 Å². The van der Waals surface area contributed by atoms with Crippen LogP contribution in [0.5, 0.6) is 11.5 Å². The predicted molar refractivity (Wildman–Crippen MR) is 145 cm³/mol. The van der Waals surface area contributed by atoms with Gasteiger partial charge in [0.25, 0.3) is 5.91 Å². The largest absolute Gasteiger partial charge is 0.494 e. The third-order valence-electron chi connectivity index (χ3n) is 6.04. The maximum atomic E-state index is 13.8. The van der Waals surface area contributed by atoms with E-state index in [9.17, 15) is 4.79 Å². The number of furan rings is 1. The number of fused-ring (bicyclic) bond motifs is 2. The summed E-state index contributed by atoms with van der Waals surface area (Å²) < 4.78 is 23.1. The number of carbonyl (C=O) groups excluding carboxylic acids is 1. The number of carbonyl (C=O) groups is 1. The highest BCUT2D eigenvalue weighted by Crippen LogP contribution is 2.39. The van der Waals surface area contributed by atoms with Gasteiger partial charge in [-0.15, -0.1) is 12.4 Å².